The fourth-order valence-corrected chi connectivity index (χ4v) is 2.21. The van der Waals surface area contributed by atoms with Gasteiger partial charge in [0.2, 0.25) is 0 Å². The maximum absolute atomic E-state index is 13.3. The molecule has 1 aromatic heterocycles. The van der Waals surface area contributed by atoms with Gasteiger partial charge in [-0.05, 0) is 6.07 Å². The van der Waals surface area contributed by atoms with E-state index in [0.717, 1.165) is 12.3 Å². The number of aromatic nitrogens is 2. The molecule has 1 aromatic carbocycles. The summed E-state index contributed by atoms with van der Waals surface area (Å²) < 4.78 is 64.1. The molecule has 0 atom stereocenters. The molecule has 18 heavy (non-hydrogen) atoms. The third-order valence-corrected chi connectivity index (χ3v) is 3.29. The summed E-state index contributed by atoms with van der Waals surface area (Å²) in [5.74, 6) is -3.85. The zero-order valence-corrected chi connectivity index (χ0v) is 9.43. The highest BCUT2D eigenvalue weighted by molar-refractivity contribution is 7.92. The molecule has 0 fully saturated rings. The summed E-state index contributed by atoms with van der Waals surface area (Å²) in [5, 5.41) is 5.16. The molecule has 96 valence electrons. The number of hydrogen-bond donors (Lipinski definition) is 2. The number of rotatable bonds is 3. The maximum atomic E-state index is 13.3. The van der Waals surface area contributed by atoms with Crippen LogP contribution in [0.1, 0.15) is 0 Å². The molecule has 2 rings (SSSR count). The predicted octanol–water partition coefficient (Wildman–Crippen LogP) is 1.63. The van der Waals surface area contributed by atoms with Gasteiger partial charge in [0, 0.05) is 12.1 Å². The number of halogens is 3. The molecule has 9 heteroatoms. The first-order valence-electron chi connectivity index (χ1n) is 4.57. The number of aromatic amines is 1. The summed E-state index contributed by atoms with van der Waals surface area (Å²) in [7, 11) is -4.20. The van der Waals surface area contributed by atoms with Crippen LogP contribution in [-0.4, -0.2) is 18.6 Å². The van der Waals surface area contributed by atoms with Crippen LogP contribution in [0.5, 0.6) is 0 Å². The molecule has 0 bridgehead atoms. The van der Waals surface area contributed by atoms with Crippen LogP contribution in [0, 0.1) is 17.5 Å². The lowest BCUT2D eigenvalue weighted by molar-refractivity contribution is 0.547. The summed E-state index contributed by atoms with van der Waals surface area (Å²) in [6.07, 6.45) is 1.16. The minimum Gasteiger partial charge on any atom is -0.273 e. The third kappa shape index (κ3) is 2.30. The number of H-pyrrole nitrogens is 1. The second kappa shape index (κ2) is 4.33. The van der Waals surface area contributed by atoms with Gasteiger partial charge in [0.15, 0.2) is 16.7 Å². The Morgan fingerprint density at radius 2 is 1.78 bits per heavy atom. The van der Waals surface area contributed by atoms with Gasteiger partial charge in [-0.3, -0.25) is 9.82 Å². The van der Waals surface area contributed by atoms with Gasteiger partial charge < -0.3 is 0 Å². The van der Waals surface area contributed by atoms with Crippen molar-refractivity contribution in [2.45, 2.75) is 5.03 Å². The molecule has 0 unspecified atom stereocenters. The van der Waals surface area contributed by atoms with Gasteiger partial charge >= 0.3 is 0 Å². The highest BCUT2D eigenvalue weighted by Crippen LogP contribution is 2.22. The number of anilines is 1. The molecule has 2 N–H and O–H groups in total. The molecular weight excluding hydrogens is 271 g/mol. The van der Waals surface area contributed by atoms with E-state index >= 15 is 0 Å². The van der Waals surface area contributed by atoms with E-state index in [0.29, 0.717) is 12.1 Å². The van der Waals surface area contributed by atoms with Crippen molar-refractivity contribution in [1.29, 1.82) is 0 Å². The normalized spacial score (nSPS) is 11.5. The van der Waals surface area contributed by atoms with E-state index in [2.05, 4.69) is 10.2 Å². The van der Waals surface area contributed by atoms with Crippen molar-refractivity contribution in [2.75, 3.05) is 4.72 Å². The van der Waals surface area contributed by atoms with Crippen molar-refractivity contribution in [3.63, 3.8) is 0 Å². The Kier molecular flexibility index (Phi) is 2.99. The summed E-state index contributed by atoms with van der Waals surface area (Å²) in [4.78, 5) is 0. The topological polar surface area (TPSA) is 74.8 Å². The van der Waals surface area contributed by atoms with Crippen molar-refractivity contribution in [2.24, 2.45) is 0 Å². The first-order valence-corrected chi connectivity index (χ1v) is 6.05. The van der Waals surface area contributed by atoms with Crippen LogP contribution < -0.4 is 4.72 Å². The molecule has 0 amide bonds. The lowest BCUT2D eigenvalue weighted by Gasteiger charge is -2.08. The van der Waals surface area contributed by atoms with E-state index < -0.39 is 33.2 Å². The zero-order chi connectivity index (χ0) is 13.3. The van der Waals surface area contributed by atoms with Gasteiger partial charge in [-0.15, -0.1) is 0 Å². The minimum atomic E-state index is -4.20. The minimum absolute atomic E-state index is 0.369. The summed E-state index contributed by atoms with van der Waals surface area (Å²) in [6, 6.07) is 1.84. The average Bonchev–Trinajstić information content (AvgIpc) is 2.77. The molecular formula is C9H6F3N3O2S. The summed E-state index contributed by atoms with van der Waals surface area (Å²) in [6.45, 7) is 0. The number of hydrogen-bond acceptors (Lipinski definition) is 3. The van der Waals surface area contributed by atoms with Crippen molar-refractivity contribution in [3.05, 3.63) is 41.8 Å². The second-order valence-electron chi connectivity index (χ2n) is 3.27. The number of nitrogens with one attached hydrogen (secondary N) is 2. The summed E-state index contributed by atoms with van der Waals surface area (Å²) in [5.41, 5.74) is -0.953. The molecule has 1 heterocycles. The van der Waals surface area contributed by atoms with Crippen LogP contribution in [0.2, 0.25) is 0 Å². The van der Waals surface area contributed by atoms with Crippen molar-refractivity contribution < 1.29 is 21.6 Å². The molecule has 0 spiro atoms. The van der Waals surface area contributed by atoms with E-state index in [1.807, 2.05) is 0 Å². The number of sulfonamides is 1. The SMILES string of the molecule is O=S(=O)(Nc1c(F)cc(F)cc1F)c1ccn[nH]1. The Morgan fingerprint density at radius 3 is 2.28 bits per heavy atom. The quantitative estimate of drug-likeness (QED) is 0.895. The van der Waals surface area contributed by atoms with Gasteiger partial charge in [-0.25, -0.2) is 13.2 Å². The Morgan fingerprint density at radius 1 is 1.17 bits per heavy atom. The number of nitrogens with zero attached hydrogens (tertiary/aromatic N) is 1. The van der Waals surface area contributed by atoms with Crippen LogP contribution in [0.4, 0.5) is 18.9 Å². The lowest BCUT2D eigenvalue weighted by atomic mass is 10.3. The van der Waals surface area contributed by atoms with Crippen LogP contribution in [0.3, 0.4) is 0 Å². The molecule has 0 aliphatic rings. The van der Waals surface area contributed by atoms with Crippen LogP contribution in [0.25, 0.3) is 0 Å². The van der Waals surface area contributed by atoms with E-state index in [9.17, 15) is 21.6 Å². The van der Waals surface area contributed by atoms with Gasteiger partial charge in [0.05, 0.1) is 6.20 Å². The Balaban J connectivity index is 2.42. The lowest BCUT2D eigenvalue weighted by Crippen LogP contribution is -2.15. The van der Waals surface area contributed by atoms with Gasteiger partial charge in [0.25, 0.3) is 10.0 Å². The van der Waals surface area contributed by atoms with Gasteiger partial charge in [0.1, 0.15) is 11.5 Å². The van der Waals surface area contributed by atoms with Crippen LogP contribution >= 0.6 is 0 Å². The van der Waals surface area contributed by atoms with E-state index in [4.69, 9.17) is 0 Å². The van der Waals surface area contributed by atoms with Crippen molar-refractivity contribution in [1.82, 2.24) is 10.2 Å². The van der Waals surface area contributed by atoms with E-state index in [-0.39, 0.29) is 5.03 Å². The second-order valence-corrected chi connectivity index (χ2v) is 4.92. The fourth-order valence-electron chi connectivity index (χ4n) is 1.22. The molecule has 0 saturated heterocycles. The molecule has 0 aliphatic carbocycles. The molecule has 0 aliphatic heterocycles. The van der Waals surface area contributed by atoms with Crippen molar-refractivity contribution >= 4 is 15.7 Å². The first-order chi connectivity index (χ1) is 8.40. The van der Waals surface area contributed by atoms with E-state index in [1.165, 1.54) is 0 Å². The molecule has 0 saturated carbocycles. The largest absolute Gasteiger partial charge is 0.279 e. The predicted molar refractivity (Wildman–Crippen MR) is 55.7 cm³/mol. The standard InChI is InChI=1S/C9H6F3N3O2S/c10-5-3-6(11)9(7(12)4-5)15-18(16,17)8-1-2-13-14-8/h1-4,15H,(H,13,14). The molecule has 5 nitrogen and oxygen atoms in total. The Hall–Kier alpha value is -2.03. The molecule has 2 aromatic rings. The van der Waals surface area contributed by atoms with Crippen LogP contribution in [-0.2, 0) is 10.0 Å². The Labute approximate surface area is 99.7 Å². The van der Waals surface area contributed by atoms with E-state index in [1.54, 1.807) is 4.72 Å². The smallest absolute Gasteiger partial charge is 0.273 e. The van der Waals surface area contributed by atoms with Crippen LogP contribution in [0.15, 0.2) is 29.4 Å². The Bertz CT molecular complexity index is 647. The highest BCUT2D eigenvalue weighted by Gasteiger charge is 2.21. The van der Waals surface area contributed by atoms with Crippen molar-refractivity contribution in [3.8, 4) is 0 Å². The molecule has 0 radical (unpaired) electrons. The fraction of sp³-hybridized carbons (Fsp3) is 0. The monoisotopic (exact) mass is 277 g/mol. The first kappa shape index (κ1) is 12.4. The highest BCUT2D eigenvalue weighted by atomic mass is 32.2. The maximum Gasteiger partial charge on any atom is 0.279 e. The number of benzene rings is 1. The third-order valence-electron chi connectivity index (χ3n) is 2.01. The summed E-state index contributed by atoms with van der Waals surface area (Å²) >= 11 is 0. The van der Waals surface area contributed by atoms with Gasteiger partial charge in [-0.2, -0.15) is 13.5 Å². The van der Waals surface area contributed by atoms with Gasteiger partial charge in [-0.1, -0.05) is 0 Å². The average molecular weight is 277 g/mol. The zero-order valence-electron chi connectivity index (χ0n) is 8.62.